The van der Waals surface area contributed by atoms with Crippen LogP contribution >= 0.6 is 0 Å². The van der Waals surface area contributed by atoms with E-state index in [1.54, 1.807) is 0 Å². The number of hydrogen-bond acceptors (Lipinski definition) is 4. The van der Waals surface area contributed by atoms with Gasteiger partial charge in [-0.2, -0.15) is 0 Å². The number of fused-ring (bicyclic) bond motifs is 9. The van der Waals surface area contributed by atoms with Gasteiger partial charge in [-0.3, -0.25) is 0 Å². The Balaban J connectivity index is 1.10. The van der Waals surface area contributed by atoms with Crippen LogP contribution in [0.3, 0.4) is 0 Å². The van der Waals surface area contributed by atoms with E-state index in [9.17, 15) is 0 Å². The lowest BCUT2D eigenvalue weighted by atomic mass is 9.59. The van der Waals surface area contributed by atoms with Gasteiger partial charge in [0.1, 0.15) is 50.4 Å². The van der Waals surface area contributed by atoms with Gasteiger partial charge in [0.05, 0.1) is 0 Å². The third-order valence-electron chi connectivity index (χ3n) is 11.6. The van der Waals surface area contributed by atoms with Crippen molar-refractivity contribution in [2.24, 2.45) is 0 Å². The highest BCUT2D eigenvalue weighted by Gasteiger charge is 2.21. The zero-order valence-corrected chi connectivity index (χ0v) is 32.1. The highest BCUT2D eigenvalue weighted by Crippen LogP contribution is 2.42. The molecule has 4 nitrogen and oxygen atoms in total. The first-order valence-electron chi connectivity index (χ1n) is 19.6. The Bertz CT molecular complexity index is 3500. The van der Waals surface area contributed by atoms with Gasteiger partial charge < -0.3 is 4.42 Å². The van der Waals surface area contributed by atoms with Crippen LogP contribution in [0, 0.1) is 0 Å². The van der Waals surface area contributed by atoms with Gasteiger partial charge in [-0.15, -0.1) is 16.4 Å². The average molecular weight is 751 g/mol. The summed E-state index contributed by atoms with van der Waals surface area (Å²) >= 11 is 0. The van der Waals surface area contributed by atoms with Crippen LogP contribution in [0.15, 0.2) is 162 Å². The van der Waals surface area contributed by atoms with Crippen molar-refractivity contribution in [2.45, 2.75) is 0 Å². The van der Waals surface area contributed by atoms with Crippen molar-refractivity contribution < 1.29 is 4.42 Å². The summed E-state index contributed by atoms with van der Waals surface area (Å²) in [6.45, 7) is 0. The number of benzene rings is 9. The molecule has 0 N–H and O–H groups in total. The maximum absolute atomic E-state index is 6.79. The fraction of sp³-hybridized carbons (Fsp3) is 0. The molecule has 0 amide bonds. The molecular formula is C51H26B5N3O. The first-order chi connectivity index (χ1) is 29.3. The average Bonchev–Trinajstić information content (AvgIpc) is 3.70. The summed E-state index contributed by atoms with van der Waals surface area (Å²) in [6.07, 6.45) is 0. The van der Waals surface area contributed by atoms with Crippen LogP contribution in [0.25, 0.3) is 111 Å². The van der Waals surface area contributed by atoms with E-state index in [1.165, 1.54) is 32.3 Å². The molecule has 11 aromatic rings. The van der Waals surface area contributed by atoms with Gasteiger partial charge in [0.2, 0.25) is 0 Å². The summed E-state index contributed by atoms with van der Waals surface area (Å²) in [5, 5.41) is 9.19. The smallest absolute Gasteiger partial charge is 0.164 e. The van der Waals surface area contributed by atoms with Crippen LogP contribution in [-0.4, -0.2) is 54.2 Å². The van der Waals surface area contributed by atoms with Crippen LogP contribution in [0.5, 0.6) is 0 Å². The molecule has 60 heavy (non-hydrogen) atoms. The molecule has 0 spiro atoms. The normalized spacial score (nSPS) is 11.7. The zero-order chi connectivity index (χ0) is 40.6. The number of furan rings is 1. The molecule has 0 bridgehead atoms. The van der Waals surface area contributed by atoms with E-state index in [4.69, 9.17) is 58.6 Å². The molecule has 0 saturated heterocycles. The molecule has 266 valence electrons. The maximum atomic E-state index is 6.79. The minimum absolute atomic E-state index is 0.159. The predicted octanol–water partition coefficient (Wildman–Crippen LogP) is 7.53. The summed E-state index contributed by atoms with van der Waals surface area (Å²) in [7, 11) is 31.6. The van der Waals surface area contributed by atoms with Crippen LogP contribution in [0.1, 0.15) is 0 Å². The summed E-state index contributed by atoms with van der Waals surface area (Å²) in [5.74, 6) is 1.46. The number of rotatable bonds is 5. The van der Waals surface area contributed by atoms with Crippen LogP contribution in [0.2, 0.25) is 0 Å². The molecule has 0 saturated carbocycles. The molecular weight excluding hydrogens is 725 g/mol. The van der Waals surface area contributed by atoms with E-state index in [0.717, 1.165) is 44.2 Å². The Morgan fingerprint density at radius 1 is 0.333 bits per heavy atom. The van der Waals surface area contributed by atoms with Gasteiger partial charge >= 0.3 is 0 Å². The SMILES string of the molecule is [B]c1c([B])c([B])c(-c2cccc(-c3nc(-c4ccccc4)nc(-c4cccc5oc6c(-c7ccc8c9ccccc9c9ccccc9c8c7)cccc6c45)n3)c2)c([B])c1[B]. The molecule has 0 aliphatic carbocycles. The van der Waals surface area contributed by atoms with Crippen LogP contribution in [0.4, 0.5) is 0 Å². The molecule has 9 aromatic carbocycles. The lowest BCUT2D eigenvalue weighted by molar-refractivity contribution is 0.670. The van der Waals surface area contributed by atoms with Gasteiger partial charge in [0.15, 0.2) is 17.5 Å². The van der Waals surface area contributed by atoms with Gasteiger partial charge in [-0.05, 0) is 67.2 Å². The Morgan fingerprint density at radius 2 is 0.833 bits per heavy atom. The van der Waals surface area contributed by atoms with E-state index in [2.05, 4.69) is 84.9 Å². The van der Waals surface area contributed by atoms with Crippen LogP contribution < -0.4 is 27.3 Å². The minimum atomic E-state index is 0.159. The number of nitrogens with zero attached hydrogens (tertiary/aromatic N) is 3. The zero-order valence-electron chi connectivity index (χ0n) is 32.1. The van der Waals surface area contributed by atoms with Crippen molar-refractivity contribution >= 4 is 121 Å². The second-order valence-electron chi connectivity index (χ2n) is 15.0. The Kier molecular flexibility index (Phi) is 8.42. The lowest BCUT2D eigenvalue weighted by Gasteiger charge is -2.21. The Morgan fingerprint density at radius 3 is 1.53 bits per heavy atom. The van der Waals surface area contributed by atoms with E-state index >= 15 is 0 Å². The number of hydrogen-bond donors (Lipinski definition) is 0. The van der Waals surface area contributed by atoms with Crippen molar-refractivity contribution in [3.8, 4) is 56.4 Å². The van der Waals surface area contributed by atoms with E-state index in [-0.39, 0.29) is 27.3 Å². The van der Waals surface area contributed by atoms with Crippen molar-refractivity contribution in [3.05, 3.63) is 158 Å². The van der Waals surface area contributed by atoms with Gasteiger partial charge in [0, 0.05) is 33.0 Å². The summed E-state index contributed by atoms with van der Waals surface area (Å²) in [6, 6.07) is 53.7. The molecule has 0 unspecified atom stereocenters. The van der Waals surface area contributed by atoms with Crippen molar-refractivity contribution in [2.75, 3.05) is 0 Å². The second kappa shape index (κ2) is 14.0. The third-order valence-corrected chi connectivity index (χ3v) is 11.6. The third kappa shape index (κ3) is 5.64. The monoisotopic (exact) mass is 751 g/mol. The molecule has 2 heterocycles. The standard InChI is InChI=1S/C51H26B5N3O/c52-43-41(44(53)46(55)47(56)45(43)54)29-13-8-14-30(25-29)50-57-49(27-11-2-1-3-12-27)58-51(59-50)38-21-10-22-40-42(38)37-20-9-19-31(48(37)60-40)28-23-24-36-34-17-5-4-15-32(34)33-16-6-7-18-35(33)39(36)26-28/h1-26H. The highest BCUT2D eigenvalue weighted by atomic mass is 16.3. The molecule has 0 aliphatic heterocycles. The van der Waals surface area contributed by atoms with Crippen molar-refractivity contribution in [1.82, 2.24) is 15.0 Å². The largest absolute Gasteiger partial charge is 0.455 e. The van der Waals surface area contributed by atoms with Crippen LogP contribution in [-0.2, 0) is 0 Å². The van der Waals surface area contributed by atoms with E-state index < -0.39 is 0 Å². The lowest BCUT2D eigenvalue weighted by Crippen LogP contribution is -2.55. The molecule has 0 atom stereocenters. The molecule has 10 radical (unpaired) electrons. The molecule has 2 aromatic heterocycles. The highest BCUT2D eigenvalue weighted by molar-refractivity contribution is 6.68. The summed E-state index contributed by atoms with van der Waals surface area (Å²) in [5.41, 5.74) is 8.14. The predicted molar refractivity (Wildman–Crippen MR) is 254 cm³/mol. The fourth-order valence-electron chi connectivity index (χ4n) is 8.65. The Labute approximate surface area is 352 Å². The van der Waals surface area contributed by atoms with Gasteiger partial charge in [0.25, 0.3) is 0 Å². The van der Waals surface area contributed by atoms with Gasteiger partial charge in [-0.1, -0.05) is 150 Å². The molecule has 9 heteroatoms. The second-order valence-corrected chi connectivity index (χ2v) is 15.0. The maximum Gasteiger partial charge on any atom is 0.164 e. The van der Waals surface area contributed by atoms with E-state index in [0.29, 0.717) is 34.2 Å². The Hall–Kier alpha value is -7.11. The molecule has 0 aliphatic rings. The number of para-hydroxylation sites is 1. The van der Waals surface area contributed by atoms with E-state index in [1.807, 2.05) is 72.8 Å². The molecule has 0 fully saturated rings. The van der Waals surface area contributed by atoms with Crippen molar-refractivity contribution in [3.63, 3.8) is 0 Å². The first kappa shape index (κ1) is 36.0. The topological polar surface area (TPSA) is 51.8 Å². The van der Waals surface area contributed by atoms with Crippen molar-refractivity contribution in [1.29, 1.82) is 0 Å². The first-order valence-corrected chi connectivity index (χ1v) is 19.6. The number of aromatic nitrogens is 3. The van der Waals surface area contributed by atoms with Gasteiger partial charge in [-0.25, -0.2) is 15.0 Å². The quantitative estimate of drug-likeness (QED) is 0.135. The summed E-state index contributed by atoms with van der Waals surface area (Å²) in [4.78, 5) is 15.2. The minimum Gasteiger partial charge on any atom is -0.455 e. The summed E-state index contributed by atoms with van der Waals surface area (Å²) < 4.78 is 6.79. The fourth-order valence-corrected chi connectivity index (χ4v) is 8.65. The molecule has 11 rings (SSSR count).